The molecule has 0 saturated heterocycles. The second-order valence-corrected chi connectivity index (χ2v) is 4.45. The number of amides is 1. The Morgan fingerprint density at radius 3 is 2.39 bits per heavy atom. The summed E-state index contributed by atoms with van der Waals surface area (Å²) in [6.07, 6.45) is 0.897. The second kappa shape index (κ2) is 6.76. The predicted molar refractivity (Wildman–Crippen MR) is 73.4 cm³/mol. The molecule has 1 amide bonds. The molecule has 1 fully saturated rings. The van der Waals surface area contributed by atoms with Crippen LogP contribution in [0.2, 0.25) is 5.02 Å². The van der Waals surface area contributed by atoms with Crippen molar-refractivity contribution >= 4 is 17.5 Å². The van der Waals surface area contributed by atoms with E-state index in [1.165, 1.54) is 17.7 Å². The molecule has 0 spiro atoms. The van der Waals surface area contributed by atoms with E-state index in [0.29, 0.717) is 5.92 Å². The number of carbonyl (C=O) groups is 1. The molecule has 4 heteroatoms. The first-order valence-corrected chi connectivity index (χ1v) is 6.58. The molecule has 0 bridgehead atoms. The molecular weight excluding hydrogens is 250 g/mol. The maximum Gasteiger partial charge on any atom is 0.249 e. The molecule has 100 valence electrons. The number of rotatable bonds is 3. The summed E-state index contributed by atoms with van der Waals surface area (Å²) in [6, 6.07) is 7.67. The van der Waals surface area contributed by atoms with Crippen molar-refractivity contribution in [2.45, 2.75) is 26.2 Å². The monoisotopic (exact) mass is 269 g/mol. The minimum atomic E-state index is 0.0439. The van der Waals surface area contributed by atoms with Crippen LogP contribution in [0.4, 0.5) is 0 Å². The van der Waals surface area contributed by atoms with Gasteiger partial charge in [-0.1, -0.05) is 37.6 Å². The Hall–Kier alpha value is -1.06. The van der Waals surface area contributed by atoms with E-state index in [4.69, 9.17) is 16.4 Å². The van der Waals surface area contributed by atoms with Crippen LogP contribution in [0.3, 0.4) is 0 Å². The molecule has 0 aromatic heterocycles. The van der Waals surface area contributed by atoms with Crippen LogP contribution in [-0.4, -0.2) is 25.1 Å². The normalized spacial score (nSPS) is 20.7. The van der Waals surface area contributed by atoms with E-state index in [2.05, 4.69) is 0 Å². The van der Waals surface area contributed by atoms with Crippen molar-refractivity contribution in [3.8, 4) is 0 Å². The Balaban J connectivity index is 0.000000771. The SMILES string of the molecule is CC.CON(C)C(=O)C1CC1c1ccc(Cl)cc1. The summed E-state index contributed by atoms with van der Waals surface area (Å²) in [5, 5.41) is 2.02. The van der Waals surface area contributed by atoms with Crippen LogP contribution >= 0.6 is 11.6 Å². The third-order valence-corrected chi connectivity index (χ3v) is 3.24. The molecular formula is C14H20ClNO2. The van der Waals surface area contributed by atoms with E-state index in [0.717, 1.165) is 11.4 Å². The number of nitrogens with zero attached hydrogens (tertiary/aromatic N) is 1. The van der Waals surface area contributed by atoms with Gasteiger partial charge >= 0.3 is 0 Å². The standard InChI is InChI=1S/C12H14ClNO2.C2H6/c1-14(16-2)12(15)11-7-10(11)8-3-5-9(13)6-4-8;1-2/h3-6,10-11H,7H2,1-2H3;1-2H3. The van der Waals surface area contributed by atoms with Crippen LogP contribution in [0.5, 0.6) is 0 Å². The summed E-state index contributed by atoms with van der Waals surface area (Å²) in [5.41, 5.74) is 1.17. The van der Waals surface area contributed by atoms with Gasteiger partial charge in [-0.05, 0) is 30.0 Å². The number of hydroxylamine groups is 2. The van der Waals surface area contributed by atoms with Gasteiger partial charge in [0.15, 0.2) is 0 Å². The molecule has 2 unspecified atom stereocenters. The van der Waals surface area contributed by atoms with Crippen molar-refractivity contribution in [3.63, 3.8) is 0 Å². The summed E-state index contributed by atoms with van der Waals surface area (Å²) in [5.74, 6) is 0.427. The molecule has 0 radical (unpaired) electrons. The molecule has 3 nitrogen and oxygen atoms in total. The van der Waals surface area contributed by atoms with Crippen molar-refractivity contribution in [3.05, 3.63) is 34.9 Å². The molecule has 0 heterocycles. The third kappa shape index (κ3) is 3.47. The van der Waals surface area contributed by atoms with Gasteiger partial charge in [-0.15, -0.1) is 0 Å². The smallest absolute Gasteiger partial charge is 0.249 e. The molecule has 2 atom stereocenters. The fraction of sp³-hybridized carbons (Fsp3) is 0.500. The summed E-state index contributed by atoms with van der Waals surface area (Å²) >= 11 is 5.81. The highest BCUT2D eigenvalue weighted by molar-refractivity contribution is 6.30. The lowest BCUT2D eigenvalue weighted by Crippen LogP contribution is -2.27. The van der Waals surface area contributed by atoms with E-state index in [1.807, 2.05) is 38.1 Å². The Labute approximate surface area is 114 Å². The fourth-order valence-electron chi connectivity index (χ4n) is 1.87. The molecule has 2 rings (SSSR count). The first kappa shape index (κ1) is 15.0. The zero-order chi connectivity index (χ0) is 13.7. The minimum absolute atomic E-state index is 0.0439. The van der Waals surface area contributed by atoms with Crippen molar-refractivity contribution < 1.29 is 9.63 Å². The van der Waals surface area contributed by atoms with Crippen molar-refractivity contribution in [1.29, 1.82) is 0 Å². The molecule has 1 aromatic rings. The first-order valence-electron chi connectivity index (χ1n) is 6.20. The minimum Gasteiger partial charge on any atom is -0.275 e. The highest BCUT2D eigenvalue weighted by Crippen LogP contribution is 2.48. The van der Waals surface area contributed by atoms with Gasteiger partial charge in [-0.3, -0.25) is 9.63 Å². The molecule has 1 aliphatic carbocycles. The lowest BCUT2D eigenvalue weighted by Gasteiger charge is -2.13. The fourth-order valence-corrected chi connectivity index (χ4v) is 2.00. The molecule has 0 N–H and O–H groups in total. The van der Waals surface area contributed by atoms with Crippen molar-refractivity contribution in [2.75, 3.05) is 14.2 Å². The van der Waals surface area contributed by atoms with Crippen LogP contribution in [0, 0.1) is 5.92 Å². The Morgan fingerprint density at radius 1 is 1.33 bits per heavy atom. The number of benzene rings is 1. The summed E-state index contributed by atoms with van der Waals surface area (Å²) in [6.45, 7) is 4.00. The largest absolute Gasteiger partial charge is 0.275 e. The van der Waals surface area contributed by atoms with Gasteiger partial charge < -0.3 is 0 Å². The summed E-state index contributed by atoms with van der Waals surface area (Å²) in [7, 11) is 3.14. The second-order valence-electron chi connectivity index (χ2n) is 4.02. The van der Waals surface area contributed by atoms with Gasteiger partial charge in [-0.25, -0.2) is 5.06 Å². The topological polar surface area (TPSA) is 29.5 Å². The third-order valence-electron chi connectivity index (χ3n) is 2.99. The quantitative estimate of drug-likeness (QED) is 0.786. The van der Waals surface area contributed by atoms with Gasteiger partial charge in [0.25, 0.3) is 0 Å². The summed E-state index contributed by atoms with van der Waals surface area (Å²) in [4.78, 5) is 16.6. The maximum absolute atomic E-state index is 11.8. The van der Waals surface area contributed by atoms with E-state index in [-0.39, 0.29) is 11.8 Å². The maximum atomic E-state index is 11.8. The molecule has 18 heavy (non-hydrogen) atoms. The zero-order valence-electron chi connectivity index (χ0n) is 11.3. The Bertz CT molecular complexity index is 391. The number of hydrogen-bond donors (Lipinski definition) is 0. The van der Waals surface area contributed by atoms with Crippen LogP contribution in [-0.2, 0) is 9.63 Å². The van der Waals surface area contributed by atoms with Gasteiger partial charge in [0.1, 0.15) is 0 Å². The van der Waals surface area contributed by atoms with Crippen LogP contribution in [0.1, 0.15) is 31.7 Å². The van der Waals surface area contributed by atoms with E-state index < -0.39 is 0 Å². The average Bonchev–Trinajstić information content (AvgIpc) is 3.20. The van der Waals surface area contributed by atoms with Crippen molar-refractivity contribution in [1.82, 2.24) is 5.06 Å². The average molecular weight is 270 g/mol. The molecule has 1 saturated carbocycles. The number of carbonyl (C=O) groups excluding carboxylic acids is 1. The molecule has 1 aliphatic rings. The van der Waals surface area contributed by atoms with E-state index in [9.17, 15) is 4.79 Å². The predicted octanol–water partition coefficient (Wildman–Crippen LogP) is 3.49. The van der Waals surface area contributed by atoms with Gasteiger partial charge in [0.2, 0.25) is 5.91 Å². The van der Waals surface area contributed by atoms with Gasteiger partial charge in [0.05, 0.1) is 7.11 Å². The number of halogens is 1. The highest BCUT2D eigenvalue weighted by Gasteiger charge is 2.45. The molecule has 1 aromatic carbocycles. The lowest BCUT2D eigenvalue weighted by molar-refractivity contribution is -0.170. The Kier molecular flexibility index (Phi) is 5.63. The Morgan fingerprint density at radius 2 is 1.89 bits per heavy atom. The van der Waals surface area contributed by atoms with Crippen LogP contribution < -0.4 is 0 Å². The van der Waals surface area contributed by atoms with Crippen LogP contribution in [0.15, 0.2) is 24.3 Å². The van der Waals surface area contributed by atoms with E-state index in [1.54, 1.807) is 7.05 Å². The van der Waals surface area contributed by atoms with Crippen molar-refractivity contribution in [2.24, 2.45) is 5.92 Å². The molecule has 0 aliphatic heterocycles. The van der Waals surface area contributed by atoms with E-state index >= 15 is 0 Å². The number of hydrogen-bond acceptors (Lipinski definition) is 2. The first-order chi connectivity index (χ1) is 8.63. The summed E-state index contributed by atoms with van der Waals surface area (Å²) < 4.78 is 0. The van der Waals surface area contributed by atoms with Crippen LogP contribution in [0.25, 0.3) is 0 Å². The zero-order valence-corrected chi connectivity index (χ0v) is 12.1. The van der Waals surface area contributed by atoms with Gasteiger partial charge in [0, 0.05) is 18.0 Å². The highest BCUT2D eigenvalue weighted by atomic mass is 35.5. The van der Waals surface area contributed by atoms with Gasteiger partial charge in [-0.2, -0.15) is 0 Å². The lowest BCUT2D eigenvalue weighted by atomic mass is 10.1.